The fourth-order valence-corrected chi connectivity index (χ4v) is 1.57. The molecule has 0 aromatic heterocycles. The van der Waals surface area contributed by atoms with Crippen LogP contribution in [0.2, 0.25) is 0 Å². The van der Waals surface area contributed by atoms with Crippen molar-refractivity contribution in [3.8, 4) is 6.07 Å². The minimum atomic E-state index is -0.426. The molecule has 0 saturated carbocycles. The Labute approximate surface area is 91.2 Å². The number of rotatable bonds is 5. The van der Waals surface area contributed by atoms with Crippen LogP contribution in [0.15, 0.2) is 24.3 Å². The van der Waals surface area contributed by atoms with Crippen LogP contribution in [0.1, 0.15) is 49.8 Å². The Kier molecular flexibility index (Phi) is 4.86. The largest absolute Gasteiger partial charge is 0.388 e. The first-order valence-electron chi connectivity index (χ1n) is 5.46. The van der Waals surface area contributed by atoms with Gasteiger partial charge in [-0.25, -0.2) is 0 Å². The monoisotopic (exact) mass is 203 g/mol. The van der Waals surface area contributed by atoms with Crippen LogP contribution in [0, 0.1) is 11.3 Å². The van der Waals surface area contributed by atoms with Crippen LogP contribution in [0.4, 0.5) is 0 Å². The van der Waals surface area contributed by atoms with Crippen molar-refractivity contribution in [3.05, 3.63) is 35.4 Å². The Morgan fingerprint density at radius 3 is 2.87 bits per heavy atom. The van der Waals surface area contributed by atoms with Gasteiger partial charge in [-0.15, -0.1) is 0 Å². The lowest BCUT2D eigenvalue weighted by Gasteiger charge is -2.10. The zero-order chi connectivity index (χ0) is 11.1. The minimum Gasteiger partial charge on any atom is -0.388 e. The van der Waals surface area contributed by atoms with Gasteiger partial charge in [-0.3, -0.25) is 0 Å². The maximum atomic E-state index is 9.86. The van der Waals surface area contributed by atoms with E-state index in [0.29, 0.717) is 5.56 Å². The van der Waals surface area contributed by atoms with Crippen LogP contribution in [-0.4, -0.2) is 5.11 Å². The van der Waals surface area contributed by atoms with Gasteiger partial charge in [-0.05, 0) is 24.1 Å². The number of unbranched alkanes of at least 4 members (excludes halogenated alkanes) is 2. The lowest BCUT2D eigenvalue weighted by atomic mass is 10.0. The van der Waals surface area contributed by atoms with Crippen molar-refractivity contribution in [2.24, 2.45) is 0 Å². The van der Waals surface area contributed by atoms with E-state index in [2.05, 4.69) is 13.0 Å². The quantitative estimate of drug-likeness (QED) is 0.747. The van der Waals surface area contributed by atoms with Crippen molar-refractivity contribution in [2.45, 2.75) is 38.7 Å². The van der Waals surface area contributed by atoms with E-state index in [4.69, 9.17) is 5.26 Å². The second-order valence-electron chi connectivity index (χ2n) is 3.75. The lowest BCUT2D eigenvalue weighted by Crippen LogP contribution is -1.97. The topological polar surface area (TPSA) is 44.0 Å². The van der Waals surface area contributed by atoms with Gasteiger partial charge in [0.2, 0.25) is 0 Å². The van der Waals surface area contributed by atoms with E-state index in [1.54, 1.807) is 12.1 Å². The van der Waals surface area contributed by atoms with Gasteiger partial charge in [0.15, 0.2) is 0 Å². The zero-order valence-electron chi connectivity index (χ0n) is 9.11. The molecule has 1 aromatic rings. The zero-order valence-corrected chi connectivity index (χ0v) is 9.11. The predicted octanol–water partition coefficient (Wildman–Crippen LogP) is 3.17. The number of hydrogen-bond donors (Lipinski definition) is 1. The molecule has 0 radical (unpaired) electrons. The number of benzene rings is 1. The third kappa shape index (κ3) is 3.73. The summed E-state index contributed by atoms with van der Waals surface area (Å²) in [6, 6.07) is 9.28. The highest BCUT2D eigenvalue weighted by Crippen LogP contribution is 2.20. The number of aliphatic hydroxyl groups excluding tert-OH is 1. The van der Waals surface area contributed by atoms with E-state index in [1.807, 2.05) is 12.1 Å². The van der Waals surface area contributed by atoms with E-state index in [1.165, 1.54) is 0 Å². The highest BCUT2D eigenvalue weighted by atomic mass is 16.3. The third-order valence-corrected chi connectivity index (χ3v) is 2.48. The van der Waals surface area contributed by atoms with E-state index in [-0.39, 0.29) is 0 Å². The van der Waals surface area contributed by atoms with Gasteiger partial charge in [0.05, 0.1) is 17.7 Å². The molecular weight excluding hydrogens is 186 g/mol. The summed E-state index contributed by atoms with van der Waals surface area (Å²) < 4.78 is 0. The Morgan fingerprint density at radius 1 is 1.40 bits per heavy atom. The average Bonchev–Trinajstić information content (AvgIpc) is 2.29. The summed E-state index contributed by atoms with van der Waals surface area (Å²) in [6.45, 7) is 2.14. The number of nitriles is 1. The summed E-state index contributed by atoms with van der Waals surface area (Å²) in [5.41, 5.74) is 1.46. The fraction of sp³-hybridized carbons (Fsp3) is 0.462. The molecule has 15 heavy (non-hydrogen) atoms. The molecule has 1 unspecified atom stereocenters. The third-order valence-electron chi connectivity index (χ3n) is 2.48. The van der Waals surface area contributed by atoms with Crippen LogP contribution in [-0.2, 0) is 0 Å². The van der Waals surface area contributed by atoms with Gasteiger partial charge < -0.3 is 5.11 Å². The highest BCUT2D eigenvalue weighted by Gasteiger charge is 2.07. The molecule has 0 saturated heterocycles. The van der Waals surface area contributed by atoms with Gasteiger partial charge in [-0.2, -0.15) is 5.26 Å². The average molecular weight is 203 g/mol. The van der Waals surface area contributed by atoms with Crippen molar-refractivity contribution in [1.82, 2.24) is 0 Å². The lowest BCUT2D eigenvalue weighted by molar-refractivity contribution is 0.163. The molecule has 1 aromatic carbocycles. The van der Waals surface area contributed by atoms with Gasteiger partial charge in [0.1, 0.15) is 0 Å². The van der Waals surface area contributed by atoms with Gasteiger partial charge in [0.25, 0.3) is 0 Å². The fourth-order valence-electron chi connectivity index (χ4n) is 1.57. The van der Waals surface area contributed by atoms with Crippen LogP contribution >= 0.6 is 0 Å². The van der Waals surface area contributed by atoms with E-state index >= 15 is 0 Å². The maximum absolute atomic E-state index is 9.86. The molecule has 0 amide bonds. The minimum absolute atomic E-state index is 0.426. The summed E-state index contributed by atoms with van der Waals surface area (Å²) in [5.74, 6) is 0. The standard InChI is InChI=1S/C13H17NO/c1-2-3-4-8-13(15)12-7-5-6-11(9-12)10-14/h5-7,9,13,15H,2-4,8H2,1H3. The molecule has 1 atom stereocenters. The Hall–Kier alpha value is -1.33. The van der Waals surface area contributed by atoms with Crippen molar-refractivity contribution in [1.29, 1.82) is 5.26 Å². The summed E-state index contributed by atoms with van der Waals surface area (Å²) in [6.07, 6.45) is 3.70. The predicted molar refractivity (Wildman–Crippen MR) is 60.3 cm³/mol. The van der Waals surface area contributed by atoms with Crippen molar-refractivity contribution in [3.63, 3.8) is 0 Å². The van der Waals surface area contributed by atoms with E-state index in [0.717, 1.165) is 31.2 Å². The normalized spacial score (nSPS) is 12.1. The van der Waals surface area contributed by atoms with Crippen molar-refractivity contribution in [2.75, 3.05) is 0 Å². The van der Waals surface area contributed by atoms with Crippen LogP contribution in [0.25, 0.3) is 0 Å². The van der Waals surface area contributed by atoms with Crippen LogP contribution in [0.3, 0.4) is 0 Å². The van der Waals surface area contributed by atoms with E-state index < -0.39 is 6.10 Å². The van der Waals surface area contributed by atoms with Crippen LogP contribution < -0.4 is 0 Å². The van der Waals surface area contributed by atoms with Gasteiger partial charge >= 0.3 is 0 Å². The SMILES string of the molecule is CCCCCC(O)c1cccc(C#N)c1. The first kappa shape index (κ1) is 11.7. The van der Waals surface area contributed by atoms with Gasteiger partial charge in [-0.1, -0.05) is 38.3 Å². The molecule has 0 spiro atoms. The molecule has 0 heterocycles. The molecule has 2 nitrogen and oxygen atoms in total. The highest BCUT2D eigenvalue weighted by molar-refractivity contribution is 5.33. The summed E-state index contributed by atoms with van der Waals surface area (Å²) in [5, 5.41) is 18.6. The molecule has 0 aliphatic rings. The summed E-state index contributed by atoms with van der Waals surface area (Å²) in [7, 11) is 0. The molecule has 1 N–H and O–H groups in total. The second kappa shape index (κ2) is 6.21. The van der Waals surface area contributed by atoms with Crippen LogP contribution in [0.5, 0.6) is 0 Å². The van der Waals surface area contributed by atoms with Crippen molar-refractivity contribution < 1.29 is 5.11 Å². The second-order valence-corrected chi connectivity index (χ2v) is 3.75. The first-order chi connectivity index (χ1) is 7.27. The van der Waals surface area contributed by atoms with Gasteiger partial charge in [0, 0.05) is 0 Å². The number of nitrogens with zero attached hydrogens (tertiary/aromatic N) is 1. The molecule has 0 bridgehead atoms. The Bertz CT molecular complexity index is 341. The molecule has 2 heteroatoms. The Balaban J connectivity index is 2.57. The summed E-state index contributed by atoms with van der Waals surface area (Å²) >= 11 is 0. The van der Waals surface area contributed by atoms with E-state index in [9.17, 15) is 5.11 Å². The smallest absolute Gasteiger partial charge is 0.0991 e. The molecular formula is C13H17NO. The number of aliphatic hydroxyl groups is 1. The molecule has 0 aliphatic carbocycles. The molecule has 0 aliphatic heterocycles. The molecule has 0 fully saturated rings. The Morgan fingerprint density at radius 2 is 2.20 bits per heavy atom. The maximum Gasteiger partial charge on any atom is 0.0991 e. The van der Waals surface area contributed by atoms with Crippen molar-refractivity contribution >= 4 is 0 Å². The molecule has 80 valence electrons. The first-order valence-corrected chi connectivity index (χ1v) is 5.46. The molecule has 1 rings (SSSR count). The number of hydrogen-bond acceptors (Lipinski definition) is 2. The summed E-state index contributed by atoms with van der Waals surface area (Å²) in [4.78, 5) is 0.